The van der Waals surface area contributed by atoms with Crippen LogP contribution in [0, 0.1) is 11.7 Å². The Labute approximate surface area is 120 Å². The highest BCUT2D eigenvalue weighted by Gasteiger charge is 2.24. The fraction of sp³-hybridized carbons (Fsp3) is 0.357. The summed E-state index contributed by atoms with van der Waals surface area (Å²) in [6, 6.07) is 3.67. The Morgan fingerprint density at radius 1 is 1.43 bits per heavy atom. The minimum Gasteiger partial charge on any atom is -0.465 e. The van der Waals surface area contributed by atoms with E-state index in [1.165, 1.54) is 12.1 Å². The zero-order chi connectivity index (χ0) is 15.4. The van der Waals surface area contributed by atoms with Gasteiger partial charge in [0.1, 0.15) is 5.82 Å². The molecule has 1 heterocycles. The van der Waals surface area contributed by atoms with E-state index in [1.807, 2.05) is 0 Å². The Hall–Kier alpha value is -2.44. The van der Waals surface area contributed by atoms with Gasteiger partial charge in [0.15, 0.2) is 0 Å². The lowest BCUT2D eigenvalue weighted by molar-refractivity contribution is -0.126. The highest BCUT2D eigenvalue weighted by atomic mass is 19.1. The largest absolute Gasteiger partial charge is 0.465 e. The summed E-state index contributed by atoms with van der Waals surface area (Å²) in [6.07, 6.45) is 0.762. The molecular formula is C14H15FN2O4. The lowest BCUT2D eigenvalue weighted by Gasteiger charge is -2.21. The highest BCUT2D eigenvalue weighted by molar-refractivity contribution is 5.96. The van der Waals surface area contributed by atoms with E-state index >= 15 is 0 Å². The van der Waals surface area contributed by atoms with Crippen molar-refractivity contribution in [2.24, 2.45) is 5.92 Å². The van der Waals surface area contributed by atoms with Gasteiger partial charge in [-0.15, -0.1) is 0 Å². The fourth-order valence-electron chi connectivity index (χ4n) is 2.07. The average molecular weight is 294 g/mol. The van der Waals surface area contributed by atoms with Crippen molar-refractivity contribution in [2.45, 2.75) is 12.8 Å². The van der Waals surface area contributed by atoms with Gasteiger partial charge in [0.05, 0.1) is 18.6 Å². The number of hydrogen-bond donors (Lipinski definition) is 2. The molecule has 0 aliphatic carbocycles. The number of rotatable bonds is 3. The van der Waals surface area contributed by atoms with Gasteiger partial charge in [0.2, 0.25) is 11.8 Å². The van der Waals surface area contributed by atoms with Crippen LogP contribution in [0.5, 0.6) is 0 Å². The molecule has 0 radical (unpaired) electrons. The third kappa shape index (κ3) is 3.56. The number of hydrogen-bond acceptors (Lipinski definition) is 4. The lowest BCUT2D eigenvalue weighted by Crippen LogP contribution is -2.40. The Balaban J connectivity index is 2.07. The first-order valence-corrected chi connectivity index (χ1v) is 6.46. The van der Waals surface area contributed by atoms with Crippen LogP contribution in [0.25, 0.3) is 0 Å². The number of carbonyl (C=O) groups excluding carboxylic acids is 3. The predicted molar refractivity (Wildman–Crippen MR) is 72.1 cm³/mol. The standard InChI is InChI=1S/C14H15FN2O4/c1-21-14(20)10-6-9(3-4-11(10)15)17-13(19)8-2-5-12(18)16-7-8/h3-4,6,8H,2,5,7H2,1H3,(H,16,18)(H,17,19). The van der Waals surface area contributed by atoms with Crippen molar-refractivity contribution in [1.82, 2.24) is 5.32 Å². The average Bonchev–Trinajstić information content (AvgIpc) is 2.49. The van der Waals surface area contributed by atoms with E-state index in [4.69, 9.17) is 0 Å². The molecule has 1 fully saturated rings. The highest BCUT2D eigenvalue weighted by Crippen LogP contribution is 2.18. The van der Waals surface area contributed by atoms with Crippen molar-refractivity contribution in [1.29, 1.82) is 0 Å². The number of carbonyl (C=O) groups is 3. The molecule has 2 N–H and O–H groups in total. The molecule has 1 unspecified atom stereocenters. The van der Waals surface area contributed by atoms with Crippen LogP contribution in [0.1, 0.15) is 23.2 Å². The van der Waals surface area contributed by atoms with Crippen molar-refractivity contribution < 1.29 is 23.5 Å². The molecule has 21 heavy (non-hydrogen) atoms. The Morgan fingerprint density at radius 3 is 2.81 bits per heavy atom. The maximum atomic E-state index is 13.5. The number of esters is 1. The van der Waals surface area contributed by atoms with Crippen LogP contribution in [0.3, 0.4) is 0 Å². The third-order valence-corrected chi connectivity index (χ3v) is 3.28. The summed E-state index contributed by atoms with van der Waals surface area (Å²) in [7, 11) is 1.15. The van der Waals surface area contributed by atoms with Crippen LogP contribution in [0.4, 0.5) is 10.1 Å². The molecule has 0 spiro atoms. The zero-order valence-corrected chi connectivity index (χ0v) is 11.4. The quantitative estimate of drug-likeness (QED) is 0.817. The van der Waals surface area contributed by atoms with Crippen LogP contribution in [0.15, 0.2) is 18.2 Å². The smallest absolute Gasteiger partial charge is 0.340 e. The number of methoxy groups -OCH3 is 1. The predicted octanol–water partition coefficient (Wildman–Crippen LogP) is 1.08. The van der Waals surface area contributed by atoms with E-state index in [1.54, 1.807) is 0 Å². The molecule has 1 aromatic rings. The van der Waals surface area contributed by atoms with E-state index in [9.17, 15) is 18.8 Å². The summed E-state index contributed by atoms with van der Waals surface area (Å²) in [5.41, 5.74) is 0.0611. The number of nitrogens with one attached hydrogen (secondary N) is 2. The SMILES string of the molecule is COC(=O)c1cc(NC(=O)C2CCC(=O)NC2)ccc1F. The summed E-state index contributed by atoms with van der Waals surface area (Å²) < 4.78 is 17.9. The second-order valence-electron chi connectivity index (χ2n) is 4.72. The van der Waals surface area contributed by atoms with Gasteiger partial charge in [0.25, 0.3) is 0 Å². The van der Waals surface area contributed by atoms with Crippen molar-refractivity contribution in [2.75, 3.05) is 19.0 Å². The van der Waals surface area contributed by atoms with Gasteiger partial charge < -0.3 is 15.4 Å². The summed E-state index contributed by atoms with van der Waals surface area (Å²) >= 11 is 0. The van der Waals surface area contributed by atoms with Crippen molar-refractivity contribution >= 4 is 23.5 Å². The normalized spacial score (nSPS) is 17.8. The molecule has 112 valence electrons. The van der Waals surface area contributed by atoms with Gasteiger partial charge in [-0.3, -0.25) is 9.59 Å². The molecule has 1 atom stereocenters. The molecule has 2 amide bonds. The first-order chi connectivity index (χ1) is 10.0. The molecular weight excluding hydrogens is 279 g/mol. The first kappa shape index (κ1) is 15.0. The number of amides is 2. The molecule has 1 aliphatic heterocycles. The molecule has 1 aromatic carbocycles. The number of piperidine rings is 1. The molecule has 0 bridgehead atoms. The molecule has 1 aliphatic rings. The van der Waals surface area contributed by atoms with E-state index < -0.39 is 11.8 Å². The van der Waals surface area contributed by atoms with Crippen molar-refractivity contribution in [3.63, 3.8) is 0 Å². The van der Waals surface area contributed by atoms with Gasteiger partial charge in [-0.05, 0) is 24.6 Å². The summed E-state index contributed by atoms with van der Waals surface area (Å²) in [4.78, 5) is 34.5. The van der Waals surface area contributed by atoms with E-state index in [0.717, 1.165) is 13.2 Å². The maximum Gasteiger partial charge on any atom is 0.340 e. The summed E-state index contributed by atoms with van der Waals surface area (Å²) in [5.74, 6) is -2.22. The second-order valence-corrected chi connectivity index (χ2v) is 4.72. The van der Waals surface area contributed by atoms with Gasteiger partial charge in [0, 0.05) is 18.7 Å². The van der Waals surface area contributed by atoms with Gasteiger partial charge in [-0.25, -0.2) is 9.18 Å². The monoisotopic (exact) mass is 294 g/mol. The number of anilines is 1. The van der Waals surface area contributed by atoms with E-state index in [2.05, 4.69) is 15.4 Å². The number of benzene rings is 1. The molecule has 6 nitrogen and oxygen atoms in total. The van der Waals surface area contributed by atoms with Crippen LogP contribution in [0.2, 0.25) is 0 Å². The van der Waals surface area contributed by atoms with Crippen LogP contribution in [-0.4, -0.2) is 31.4 Å². The summed E-state index contributed by atoms with van der Waals surface area (Å²) in [5, 5.41) is 5.22. The Kier molecular flexibility index (Phi) is 4.52. The van der Waals surface area contributed by atoms with Crippen LogP contribution >= 0.6 is 0 Å². The topological polar surface area (TPSA) is 84.5 Å². The van der Waals surface area contributed by atoms with Crippen LogP contribution < -0.4 is 10.6 Å². The van der Waals surface area contributed by atoms with Crippen molar-refractivity contribution in [3.8, 4) is 0 Å². The zero-order valence-electron chi connectivity index (χ0n) is 11.4. The van der Waals surface area contributed by atoms with Gasteiger partial charge in [-0.1, -0.05) is 0 Å². The van der Waals surface area contributed by atoms with Crippen molar-refractivity contribution in [3.05, 3.63) is 29.6 Å². The van der Waals surface area contributed by atoms with Gasteiger partial charge >= 0.3 is 5.97 Å². The third-order valence-electron chi connectivity index (χ3n) is 3.28. The number of ether oxygens (including phenoxy) is 1. The maximum absolute atomic E-state index is 13.5. The molecule has 0 aromatic heterocycles. The van der Waals surface area contributed by atoms with Gasteiger partial charge in [-0.2, -0.15) is 0 Å². The van der Waals surface area contributed by atoms with E-state index in [0.29, 0.717) is 18.5 Å². The lowest BCUT2D eigenvalue weighted by atomic mass is 9.98. The second kappa shape index (κ2) is 6.34. The fourth-order valence-corrected chi connectivity index (χ4v) is 2.07. The summed E-state index contributed by atoms with van der Waals surface area (Å²) in [6.45, 7) is 0.274. The first-order valence-electron chi connectivity index (χ1n) is 6.46. The Bertz CT molecular complexity index is 578. The minimum absolute atomic E-state index is 0.0752. The van der Waals surface area contributed by atoms with Crippen LogP contribution in [-0.2, 0) is 14.3 Å². The molecule has 2 rings (SSSR count). The molecule has 7 heteroatoms. The molecule has 1 saturated heterocycles. The Morgan fingerprint density at radius 2 is 2.19 bits per heavy atom. The van der Waals surface area contributed by atoms with E-state index in [-0.39, 0.29) is 29.8 Å². The number of halogens is 1. The minimum atomic E-state index is -0.812. The molecule has 0 saturated carbocycles.